The van der Waals surface area contributed by atoms with E-state index in [9.17, 15) is 0 Å². The van der Waals surface area contributed by atoms with Gasteiger partial charge in [0.1, 0.15) is 0 Å². The van der Waals surface area contributed by atoms with Gasteiger partial charge in [-0.25, -0.2) is 0 Å². The van der Waals surface area contributed by atoms with Gasteiger partial charge >= 0.3 is 0 Å². The number of hydrogen-bond donors (Lipinski definition) is 1. The van der Waals surface area contributed by atoms with Crippen LogP contribution < -0.4 is 5.73 Å². The van der Waals surface area contributed by atoms with Crippen LogP contribution in [0.3, 0.4) is 0 Å². The van der Waals surface area contributed by atoms with Gasteiger partial charge in [0.2, 0.25) is 0 Å². The Morgan fingerprint density at radius 3 is 2.31 bits per heavy atom. The molecule has 96 valence electrons. The molecule has 2 N–H and O–H groups in total. The van der Waals surface area contributed by atoms with Crippen molar-refractivity contribution in [1.29, 1.82) is 0 Å². The molecule has 16 heavy (non-hydrogen) atoms. The Bertz CT molecular complexity index is 160. The molecule has 0 saturated carbocycles. The molecule has 1 rings (SSSR count). The second-order valence-electron chi connectivity index (χ2n) is 4.78. The molecule has 0 bridgehead atoms. The molecular weight excluding hydrogens is 200 g/mol. The van der Waals surface area contributed by atoms with Crippen molar-refractivity contribution in [2.75, 3.05) is 66.0 Å². The summed E-state index contributed by atoms with van der Waals surface area (Å²) in [6, 6.07) is 0. The lowest BCUT2D eigenvalue weighted by Crippen LogP contribution is -2.47. The molecule has 1 fully saturated rings. The van der Waals surface area contributed by atoms with Gasteiger partial charge in [0.25, 0.3) is 0 Å². The van der Waals surface area contributed by atoms with Gasteiger partial charge in [0, 0.05) is 52.4 Å². The van der Waals surface area contributed by atoms with Crippen LogP contribution in [0, 0.1) is 0 Å². The normalized spacial score (nSPS) is 19.5. The summed E-state index contributed by atoms with van der Waals surface area (Å²) < 4.78 is 0. The molecule has 0 amide bonds. The summed E-state index contributed by atoms with van der Waals surface area (Å²) in [6.45, 7) is 12.5. The highest BCUT2D eigenvalue weighted by Gasteiger charge is 2.14. The van der Waals surface area contributed by atoms with Crippen LogP contribution in [-0.2, 0) is 0 Å². The SMILES string of the molecule is CCCN(CCN)CCN1CCN(C)CC1. The predicted octanol–water partition coefficient (Wildman–Crippen LogP) is -0.0955. The fraction of sp³-hybridized carbons (Fsp3) is 1.00. The standard InChI is InChI=1S/C12H28N4/c1-3-5-15(6-4-13)11-12-16-9-7-14(2)8-10-16/h3-13H2,1-2H3. The molecule has 4 heteroatoms. The summed E-state index contributed by atoms with van der Waals surface area (Å²) in [5, 5.41) is 0. The summed E-state index contributed by atoms with van der Waals surface area (Å²) in [7, 11) is 2.20. The summed E-state index contributed by atoms with van der Waals surface area (Å²) >= 11 is 0. The highest BCUT2D eigenvalue weighted by Crippen LogP contribution is 1.99. The molecule has 1 heterocycles. The maximum Gasteiger partial charge on any atom is 0.0110 e. The van der Waals surface area contributed by atoms with E-state index in [2.05, 4.69) is 28.7 Å². The smallest absolute Gasteiger partial charge is 0.0110 e. The maximum absolute atomic E-state index is 5.62. The van der Waals surface area contributed by atoms with Gasteiger partial charge in [0.05, 0.1) is 0 Å². The number of rotatable bonds is 7. The Morgan fingerprint density at radius 1 is 1.06 bits per heavy atom. The van der Waals surface area contributed by atoms with Crippen LogP contribution in [-0.4, -0.2) is 80.7 Å². The van der Waals surface area contributed by atoms with E-state index in [1.807, 2.05) is 0 Å². The van der Waals surface area contributed by atoms with E-state index in [1.54, 1.807) is 0 Å². The molecule has 0 atom stereocenters. The van der Waals surface area contributed by atoms with Crippen molar-refractivity contribution < 1.29 is 0 Å². The zero-order valence-electron chi connectivity index (χ0n) is 11.0. The Hall–Kier alpha value is -0.160. The van der Waals surface area contributed by atoms with Crippen molar-refractivity contribution in [3.63, 3.8) is 0 Å². The van der Waals surface area contributed by atoms with Crippen LogP contribution >= 0.6 is 0 Å². The van der Waals surface area contributed by atoms with Crippen LogP contribution in [0.2, 0.25) is 0 Å². The van der Waals surface area contributed by atoms with Crippen LogP contribution in [0.25, 0.3) is 0 Å². The first-order chi connectivity index (χ1) is 7.76. The topological polar surface area (TPSA) is 35.7 Å². The molecule has 4 nitrogen and oxygen atoms in total. The lowest BCUT2D eigenvalue weighted by Gasteiger charge is -2.33. The first-order valence-corrected chi connectivity index (χ1v) is 6.59. The van der Waals surface area contributed by atoms with Gasteiger partial charge in [-0.1, -0.05) is 6.92 Å². The highest BCUT2D eigenvalue weighted by atomic mass is 15.3. The van der Waals surface area contributed by atoms with E-state index in [1.165, 1.54) is 52.2 Å². The van der Waals surface area contributed by atoms with E-state index in [0.29, 0.717) is 0 Å². The number of nitrogens with zero attached hydrogens (tertiary/aromatic N) is 3. The minimum absolute atomic E-state index is 0.780. The van der Waals surface area contributed by atoms with Gasteiger partial charge in [-0.2, -0.15) is 0 Å². The first kappa shape index (κ1) is 13.9. The Labute approximate surface area is 100 Å². The fourth-order valence-corrected chi connectivity index (χ4v) is 2.19. The van der Waals surface area contributed by atoms with E-state index in [-0.39, 0.29) is 0 Å². The zero-order chi connectivity index (χ0) is 11.8. The monoisotopic (exact) mass is 228 g/mol. The van der Waals surface area contributed by atoms with Crippen LogP contribution in [0.5, 0.6) is 0 Å². The largest absolute Gasteiger partial charge is 0.329 e. The Kier molecular flexibility index (Phi) is 6.96. The van der Waals surface area contributed by atoms with E-state index in [0.717, 1.165) is 13.1 Å². The Morgan fingerprint density at radius 2 is 1.75 bits per heavy atom. The van der Waals surface area contributed by atoms with E-state index >= 15 is 0 Å². The van der Waals surface area contributed by atoms with Crippen LogP contribution in [0.1, 0.15) is 13.3 Å². The van der Waals surface area contributed by atoms with E-state index in [4.69, 9.17) is 5.73 Å². The van der Waals surface area contributed by atoms with Crippen LogP contribution in [0.4, 0.5) is 0 Å². The highest BCUT2D eigenvalue weighted by molar-refractivity contribution is 4.70. The molecule has 0 aromatic heterocycles. The van der Waals surface area contributed by atoms with Crippen molar-refractivity contribution in [2.24, 2.45) is 5.73 Å². The molecule has 1 saturated heterocycles. The van der Waals surface area contributed by atoms with Gasteiger partial charge in [-0.3, -0.25) is 4.90 Å². The van der Waals surface area contributed by atoms with Gasteiger partial charge in [-0.15, -0.1) is 0 Å². The fourth-order valence-electron chi connectivity index (χ4n) is 2.19. The minimum Gasteiger partial charge on any atom is -0.329 e. The third-order valence-corrected chi connectivity index (χ3v) is 3.31. The van der Waals surface area contributed by atoms with Gasteiger partial charge in [0.15, 0.2) is 0 Å². The average molecular weight is 228 g/mol. The summed E-state index contributed by atoms with van der Waals surface area (Å²) in [6.07, 6.45) is 1.22. The third kappa shape index (κ3) is 5.25. The number of piperazine rings is 1. The Balaban J connectivity index is 2.15. The lowest BCUT2D eigenvalue weighted by molar-refractivity contribution is 0.135. The lowest BCUT2D eigenvalue weighted by atomic mass is 10.3. The second kappa shape index (κ2) is 8.01. The summed E-state index contributed by atoms with van der Waals surface area (Å²) in [5.74, 6) is 0. The predicted molar refractivity (Wildman–Crippen MR) is 69.7 cm³/mol. The van der Waals surface area contributed by atoms with Crippen molar-refractivity contribution in [3.05, 3.63) is 0 Å². The minimum atomic E-state index is 0.780. The van der Waals surface area contributed by atoms with Gasteiger partial charge in [-0.05, 0) is 20.0 Å². The average Bonchev–Trinajstić information content (AvgIpc) is 2.29. The molecule has 0 spiro atoms. The zero-order valence-corrected chi connectivity index (χ0v) is 11.0. The second-order valence-corrected chi connectivity index (χ2v) is 4.78. The number of likely N-dealkylation sites (N-methyl/N-ethyl adjacent to an activating group) is 1. The first-order valence-electron chi connectivity index (χ1n) is 6.59. The van der Waals surface area contributed by atoms with Gasteiger partial charge < -0.3 is 15.5 Å². The van der Waals surface area contributed by atoms with Crippen LogP contribution in [0.15, 0.2) is 0 Å². The molecule has 1 aliphatic rings. The van der Waals surface area contributed by atoms with E-state index < -0.39 is 0 Å². The molecular formula is C12H28N4. The number of nitrogens with two attached hydrogens (primary N) is 1. The summed E-state index contributed by atoms with van der Waals surface area (Å²) in [4.78, 5) is 7.46. The maximum atomic E-state index is 5.62. The molecule has 0 radical (unpaired) electrons. The third-order valence-electron chi connectivity index (χ3n) is 3.31. The number of hydrogen-bond acceptors (Lipinski definition) is 4. The molecule has 0 unspecified atom stereocenters. The summed E-state index contributed by atoms with van der Waals surface area (Å²) in [5.41, 5.74) is 5.62. The quantitative estimate of drug-likeness (QED) is 0.660. The van der Waals surface area contributed by atoms with Crippen molar-refractivity contribution in [3.8, 4) is 0 Å². The molecule has 0 aromatic carbocycles. The molecule has 1 aliphatic heterocycles. The molecule has 0 aromatic rings. The molecule has 0 aliphatic carbocycles. The van der Waals surface area contributed by atoms with Crippen molar-refractivity contribution in [1.82, 2.24) is 14.7 Å². The van der Waals surface area contributed by atoms with Crippen molar-refractivity contribution in [2.45, 2.75) is 13.3 Å². The van der Waals surface area contributed by atoms with Crippen molar-refractivity contribution >= 4 is 0 Å².